The number of carboxylic acid groups (broad SMARTS) is 1. The average molecular weight is 194 g/mol. The van der Waals surface area contributed by atoms with Crippen LogP contribution in [-0.4, -0.2) is 18.1 Å². The summed E-state index contributed by atoms with van der Waals surface area (Å²) >= 11 is 0. The van der Waals surface area contributed by atoms with Gasteiger partial charge in [-0.2, -0.15) is 10.2 Å². The van der Waals surface area contributed by atoms with E-state index in [-0.39, 0.29) is 5.56 Å². The van der Waals surface area contributed by atoms with Gasteiger partial charge in [0.15, 0.2) is 0 Å². The van der Waals surface area contributed by atoms with Crippen molar-refractivity contribution in [2.75, 3.05) is 7.05 Å². The molecule has 0 spiro atoms. The van der Waals surface area contributed by atoms with Crippen molar-refractivity contribution in [3.05, 3.63) is 29.8 Å². The van der Waals surface area contributed by atoms with Gasteiger partial charge in [0.1, 0.15) is 0 Å². The molecule has 14 heavy (non-hydrogen) atoms. The number of hydrogen-bond donors (Lipinski definition) is 1. The molecule has 1 rings (SSSR count). The van der Waals surface area contributed by atoms with Crippen LogP contribution in [0, 0.1) is 0 Å². The summed E-state index contributed by atoms with van der Waals surface area (Å²) in [6, 6.07) is 6.47. The van der Waals surface area contributed by atoms with E-state index in [1.54, 1.807) is 18.2 Å². The maximum absolute atomic E-state index is 10.6. The Morgan fingerprint density at radius 2 is 1.86 bits per heavy atom. The van der Waals surface area contributed by atoms with E-state index in [0.29, 0.717) is 5.69 Å². The van der Waals surface area contributed by atoms with Crippen LogP contribution in [-0.2, 0) is 0 Å². The Kier molecular flexibility index (Phi) is 5.94. The van der Waals surface area contributed by atoms with E-state index in [4.69, 9.17) is 5.11 Å². The van der Waals surface area contributed by atoms with Gasteiger partial charge in [-0.05, 0) is 12.1 Å². The van der Waals surface area contributed by atoms with Crippen molar-refractivity contribution in [3.63, 3.8) is 0 Å². The van der Waals surface area contributed by atoms with Crippen molar-refractivity contribution in [1.82, 2.24) is 0 Å². The van der Waals surface area contributed by atoms with Gasteiger partial charge in [-0.15, -0.1) is 0 Å². The molecule has 0 unspecified atom stereocenters. The lowest BCUT2D eigenvalue weighted by molar-refractivity contribution is 0.0698. The summed E-state index contributed by atoms with van der Waals surface area (Å²) < 4.78 is 0. The first-order valence-electron chi connectivity index (χ1n) is 4.38. The zero-order valence-electron chi connectivity index (χ0n) is 8.56. The van der Waals surface area contributed by atoms with E-state index in [2.05, 4.69) is 10.2 Å². The molecule has 1 N–H and O–H groups in total. The van der Waals surface area contributed by atoms with Crippen LogP contribution in [0.5, 0.6) is 0 Å². The first kappa shape index (κ1) is 12.3. The normalized spacial score (nSPS) is 9.36. The molecule has 1 aromatic rings. The molecule has 0 saturated heterocycles. The molecule has 0 radical (unpaired) electrons. The molecule has 0 aromatic heterocycles. The lowest BCUT2D eigenvalue weighted by Gasteiger charge is -1.96. The number of azo groups is 1. The van der Waals surface area contributed by atoms with Crippen LogP contribution >= 0.6 is 0 Å². The summed E-state index contributed by atoms with van der Waals surface area (Å²) in [6.07, 6.45) is 0. The van der Waals surface area contributed by atoms with Crippen LogP contribution in [0.15, 0.2) is 34.5 Å². The number of hydrogen-bond acceptors (Lipinski definition) is 3. The Balaban J connectivity index is 0.000000791. The number of aromatic carboxylic acids is 1. The van der Waals surface area contributed by atoms with Gasteiger partial charge in [-0.25, -0.2) is 4.79 Å². The van der Waals surface area contributed by atoms with Crippen molar-refractivity contribution >= 4 is 11.7 Å². The Bertz CT molecular complexity index is 322. The Hall–Kier alpha value is -1.71. The number of carboxylic acids is 1. The number of nitrogens with zero attached hydrogens (tertiary/aromatic N) is 2. The van der Waals surface area contributed by atoms with Gasteiger partial charge in [0.25, 0.3) is 0 Å². The molecular weight excluding hydrogens is 180 g/mol. The molecule has 0 amide bonds. The number of rotatable bonds is 2. The lowest BCUT2D eigenvalue weighted by atomic mass is 10.2. The average Bonchev–Trinajstić information content (AvgIpc) is 2.22. The van der Waals surface area contributed by atoms with Gasteiger partial charge in [0, 0.05) is 7.05 Å². The highest BCUT2D eigenvalue weighted by Crippen LogP contribution is 2.18. The van der Waals surface area contributed by atoms with Crippen molar-refractivity contribution in [2.24, 2.45) is 10.2 Å². The summed E-state index contributed by atoms with van der Waals surface area (Å²) in [6.45, 7) is 4.00. The fraction of sp³-hybridized carbons (Fsp3) is 0.300. The topological polar surface area (TPSA) is 62.0 Å². The number of benzene rings is 1. The summed E-state index contributed by atoms with van der Waals surface area (Å²) in [5.41, 5.74) is 0.551. The van der Waals surface area contributed by atoms with E-state index < -0.39 is 5.97 Å². The second-order valence-corrected chi connectivity index (χ2v) is 2.12. The summed E-state index contributed by atoms with van der Waals surface area (Å²) in [7, 11) is 1.50. The molecule has 0 aliphatic heterocycles. The van der Waals surface area contributed by atoms with Crippen molar-refractivity contribution in [2.45, 2.75) is 13.8 Å². The predicted octanol–water partition coefficient (Wildman–Crippen LogP) is 3.12. The van der Waals surface area contributed by atoms with Gasteiger partial charge >= 0.3 is 5.97 Å². The molecule has 4 heteroatoms. The van der Waals surface area contributed by atoms with Crippen LogP contribution in [0.25, 0.3) is 0 Å². The second-order valence-electron chi connectivity index (χ2n) is 2.12. The Labute approximate surface area is 83.3 Å². The first-order valence-corrected chi connectivity index (χ1v) is 4.38. The maximum atomic E-state index is 10.6. The fourth-order valence-corrected chi connectivity index (χ4v) is 0.849. The SMILES string of the molecule is CC.CN=Nc1ccccc1C(=O)O. The van der Waals surface area contributed by atoms with Crippen LogP contribution in [0.4, 0.5) is 5.69 Å². The van der Waals surface area contributed by atoms with E-state index in [0.717, 1.165) is 0 Å². The zero-order valence-corrected chi connectivity index (χ0v) is 8.56. The molecule has 0 atom stereocenters. The molecule has 0 bridgehead atoms. The Morgan fingerprint density at radius 3 is 2.36 bits per heavy atom. The Morgan fingerprint density at radius 1 is 1.29 bits per heavy atom. The smallest absolute Gasteiger partial charge is 0.337 e. The van der Waals surface area contributed by atoms with Crippen molar-refractivity contribution < 1.29 is 9.90 Å². The quantitative estimate of drug-likeness (QED) is 0.735. The highest BCUT2D eigenvalue weighted by molar-refractivity contribution is 5.93. The van der Waals surface area contributed by atoms with Gasteiger partial charge in [0.05, 0.1) is 11.3 Å². The van der Waals surface area contributed by atoms with E-state index in [9.17, 15) is 4.79 Å². The van der Waals surface area contributed by atoms with Crippen LogP contribution in [0.3, 0.4) is 0 Å². The molecule has 0 heterocycles. The van der Waals surface area contributed by atoms with Crippen LogP contribution in [0.1, 0.15) is 24.2 Å². The predicted molar refractivity (Wildman–Crippen MR) is 55.2 cm³/mol. The largest absolute Gasteiger partial charge is 0.478 e. The second kappa shape index (κ2) is 6.77. The first-order chi connectivity index (χ1) is 6.75. The standard InChI is InChI=1S/C8H8N2O2.C2H6/c1-9-10-7-5-3-2-4-6(7)8(11)12;1-2/h2-5H,1H3,(H,11,12);1-2H3. The zero-order chi connectivity index (χ0) is 11.0. The molecule has 76 valence electrons. The van der Waals surface area contributed by atoms with Crippen LogP contribution in [0.2, 0.25) is 0 Å². The summed E-state index contributed by atoms with van der Waals surface area (Å²) in [4.78, 5) is 10.6. The molecule has 0 fully saturated rings. The van der Waals surface area contributed by atoms with E-state index >= 15 is 0 Å². The third-order valence-corrected chi connectivity index (χ3v) is 1.34. The molecule has 0 aliphatic rings. The van der Waals surface area contributed by atoms with Crippen molar-refractivity contribution in [1.29, 1.82) is 0 Å². The monoisotopic (exact) mass is 194 g/mol. The molecule has 4 nitrogen and oxygen atoms in total. The molecular formula is C10H14N2O2. The van der Waals surface area contributed by atoms with Gasteiger partial charge < -0.3 is 5.11 Å². The number of carbonyl (C=O) groups is 1. The van der Waals surface area contributed by atoms with Gasteiger partial charge in [0.2, 0.25) is 0 Å². The summed E-state index contributed by atoms with van der Waals surface area (Å²) in [5, 5.41) is 15.9. The fourth-order valence-electron chi connectivity index (χ4n) is 0.849. The summed E-state index contributed by atoms with van der Waals surface area (Å²) in [5.74, 6) is -0.988. The van der Waals surface area contributed by atoms with E-state index in [1.165, 1.54) is 13.1 Å². The third kappa shape index (κ3) is 3.35. The van der Waals surface area contributed by atoms with Gasteiger partial charge in [-0.3, -0.25) is 0 Å². The molecule has 1 aromatic carbocycles. The highest BCUT2D eigenvalue weighted by atomic mass is 16.4. The van der Waals surface area contributed by atoms with Crippen LogP contribution < -0.4 is 0 Å². The highest BCUT2D eigenvalue weighted by Gasteiger charge is 2.06. The minimum atomic E-state index is -0.988. The van der Waals surface area contributed by atoms with E-state index in [1.807, 2.05) is 13.8 Å². The minimum Gasteiger partial charge on any atom is -0.478 e. The molecule has 0 aliphatic carbocycles. The maximum Gasteiger partial charge on any atom is 0.337 e. The molecule has 0 saturated carbocycles. The minimum absolute atomic E-state index is 0.170. The lowest BCUT2D eigenvalue weighted by Crippen LogP contribution is -1.95. The third-order valence-electron chi connectivity index (χ3n) is 1.34. The van der Waals surface area contributed by atoms with Gasteiger partial charge in [-0.1, -0.05) is 26.0 Å². The van der Waals surface area contributed by atoms with Crippen molar-refractivity contribution in [3.8, 4) is 0 Å².